The minimum atomic E-state index is -0.696. The van der Waals surface area contributed by atoms with Gasteiger partial charge in [0.1, 0.15) is 23.2 Å². The summed E-state index contributed by atoms with van der Waals surface area (Å²) >= 11 is 3.40. The first-order valence-corrected chi connectivity index (χ1v) is 16.6. The highest BCUT2D eigenvalue weighted by molar-refractivity contribution is 7.10. The summed E-state index contributed by atoms with van der Waals surface area (Å²) in [7, 11) is 3.49. The zero-order valence-corrected chi connectivity index (χ0v) is 26.6. The molecule has 44 heavy (non-hydrogen) atoms. The largest absolute Gasteiger partial charge is 0.484 e. The number of fused-ring (bicyclic) bond motifs is 2. The fourth-order valence-corrected chi connectivity index (χ4v) is 7.46. The number of rotatable bonds is 12. The zero-order chi connectivity index (χ0) is 30.4. The minimum absolute atomic E-state index is 0.119. The van der Waals surface area contributed by atoms with E-state index < -0.39 is 5.60 Å². The number of nitrogens with zero attached hydrogens (tertiary/aromatic N) is 1. The topological polar surface area (TPSA) is 50.8 Å². The van der Waals surface area contributed by atoms with Crippen LogP contribution in [0.15, 0.2) is 120 Å². The Morgan fingerprint density at radius 2 is 1.41 bits per heavy atom. The van der Waals surface area contributed by atoms with Crippen molar-refractivity contribution in [3.8, 4) is 11.5 Å². The summed E-state index contributed by atoms with van der Waals surface area (Å²) in [5.74, 6) is 1.71. The second kappa shape index (κ2) is 13.5. The van der Waals surface area contributed by atoms with Crippen molar-refractivity contribution in [1.82, 2.24) is 10.2 Å². The molecule has 0 spiro atoms. The van der Waals surface area contributed by atoms with Gasteiger partial charge in [-0.1, -0.05) is 84.9 Å². The van der Waals surface area contributed by atoms with Crippen molar-refractivity contribution >= 4 is 50.2 Å². The number of urea groups is 1. The number of hydrogen-bond donors (Lipinski definition) is 1. The van der Waals surface area contributed by atoms with Crippen LogP contribution in [0.2, 0.25) is 0 Å². The lowest BCUT2D eigenvalue weighted by Crippen LogP contribution is -2.41. The van der Waals surface area contributed by atoms with Crippen LogP contribution in [0, 0.1) is 0 Å². The second-order valence-corrected chi connectivity index (χ2v) is 12.8. The first kappa shape index (κ1) is 29.7. The molecule has 2 aromatic heterocycles. The molecule has 1 N–H and O–H groups in total. The van der Waals surface area contributed by atoms with Gasteiger partial charge in [-0.2, -0.15) is 0 Å². The molecule has 0 fully saturated rings. The van der Waals surface area contributed by atoms with Gasteiger partial charge in [0, 0.05) is 47.6 Å². The SMILES string of the molecule is CNC(=O)N(C)CC[C@](CC[C@@H](Oc1cccc2ccccc12)c1cccs1)(Oc1cccc2ccccc12)c1cccs1. The number of carbonyl (C=O) groups is 1. The summed E-state index contributed by atoms with van der Waals surface area (Å²) in [5.41, 5.74) is -0.696. The first-order chi connectivity index (χ1) is 21.6. The summed E-state index contributed by atoms with van der Waals surface area (Å²) in [6.45, 7) is 0.524. The predicted molar refractivity (Wildman–Crippen MR) is 183 cm³/mol. The van der Waals surface area contributed by atoms with Crippen molar-refractivity contribution in [2.75, 3.05) is 20.6 Å². The van der Waals surface area contributed by atoms with Crippen LogP contribution in [0.3, 0.4) is 0 Å². The van der Waals surface area contributed by atoms with Crippen molar-refractivity contribution in [1.29, 1.82) is 0 Å². The lowest BCUT2D eigenvalue weighted by molar-refractivity contribution is 0.0315. The van der Waals surface area contributed by atoms with Crippen LogP contribution in [0.1, 0.15) is 35.1 Å². The number of amides is 2. The molecule has 0 aliphatic rings. The molecule has 0 unspecified atom stereocenters. The predicted octanol–water partition coefficient (Wildman–Crippen LogP) is 9.65. The molecule has 2 amide bonds. The Bertz CT molecular complexity index is 1810. The molecule has 0 aliphatic carbocycles. The molecule has 2 atom stereocenters. The van der Waals surface area contributed by atoms with E-state index in [9.17, 15) is 4.79 Å². The third-order valence-electron chi connectivity index (χ3n) is 8.13. The van der Waals surface area contributed by atoms with Gasteiger partial charge in [0.15, 0.2) is 0 Å². The van der Waals surface area contributed by atoms with Gasteiger partial charge in [0.25, 0.3) is 0 Å². The van der Waals surface area contributed by atoms with Gasteiger partial charge in [-0.3, -0.25) is 0 Å². The Kier molecular flexibility index (Phi) is 9.15. The Labute approximate surface area is 266 Å². The number of benzene rings is 4. The third-order valence-corrected chi connectivity index (χ3v) is 10.1. The highest BCUT2D eigenvalue weighted by atomic mass is 32.1. The van der Waals surface area contributed by atoms with E-state index in [1.54, 1.807) is 34.6 Å². The molecule has 5 nitrogen and oxygen atoms in total. The van der Waals surface area contributed by atoms with Crippen molar-refractivity contribution in [3.63, 3.8) is 0 Å². The average Bonchev–Trinajstić information content (AvgIpc) is 3.81. The molecule has 2 heterocycles. The lowest BCUT2D eigenvalue weighted by Gasteiger charge is -2.37. The summed E-state index contributed by atoms with van der Waals surface area (Å²) in [6, 6.07) is 37.4. The zero-order valence-electron chi connectivity index (χ0n) is 24.9. The maximum atomic E-state index is 12.5. The van der Waals surface area contributed by atoms with E-state index in [2.05, 4.69) is 107 Å². The quantitative estimate of drug-likeness (QED) is 0.148. The summed E-state index contributed by atoms with van der Waals surface area (Å²) in [6.07, 6.45) is 1.85. The van der Waals surface area contributed by atoms with Crippen molar-refractivity contribution in [2.45, 2.75) is 31.0 Å². The van der Waals surface area contributed by atoms with Crippen molar-refractivity contribution < 1.29 is 14.3 Å². The minimum Gasteiger partial charge on any atom is -0.484 e. The molecule has 4 aromatic carbocycles. The highest BCUT2D eigenvalue weighted by Gasteiger charge is 2.38. The van der Waals surface area contributed by atoms with E-state index in [0.29, 0.717) is 19.4 Å². The number of carbonyl (C=O) groups excluding carboxylic acids is 1. The van der Waals surface area contributed by atoms with Crippen LogP contribution < -0.4 is 14.8 Å². The van der Waals surface area contributed by atoms with Gasteiger partial charge >= 0.3 is 6.03 Å². The number of thiophene rings is 2. The maximum absolute atomic E-state index is 12.5. The fourth-order valence-electron chi connectivity index (χ4n) is 5.75. The molecule has 7 heteroatoms. The standard InChI is InChI=1S/C37H36N2O3S2/c1-38-36(40)39(2)24-23-37(35-20-10-26-44-35,42-32-18-8-14-28-12-4-6-16-30(28)32)22-21-33(34-19-9-25-43-34)41-31-17-7-13-27-11-3-5-15-29(27)31/h3-20,25-26,33H,21-24H2,1-2H3,(H,38,40)/t33-,37+/m1/s1. The molecule has 0 bridgehead atoms. The van der Waals surface area contributed by atoms with Crippen LogP contribution >= 0.6 is 22.7 Å². The summed E-state index contributed by atoms with van der Waals surface area (Å²) < 4.78 is 14.1. The van der Waals surface area contributed by atoms with Crippen LogP contribution in [-0.2, 0) is 5.60 Å². The molecule has 0 aliphatic heterocycles. The molecule has 224 valence electrons. The van der Waals surface area contributed by atoms with Crippen molar-refractivity contribution in [3.05, 3.63) is 130 Å². The van der Waals surface area contributed by atoms with Gasteiger partial charge in [-0.05, 0) is 58.6 Å². The van der Waals surface area contributed by atoms with E-state index in [1.165, 1.54) is 4.88 Å². The highest BCUT2D eigenvalue weighted by Crippen LogP contribution is 2.43. The monoisotopic (exact) mass is 620 g/mol. The maximum Gasteiger partial charge on any atom is 0.316 e. The van der Waals surface area contributed by atoms with E-state index in [4.69, 9.17) is 9.47 Å². The Balaban J connectivity index is 1.38. The molecule has 6 rings (SSSR count). The van der Waals surface area contributed by atoms with Crippen LogP contribution in [0.25, 0.3) is 21.5 Å². The summed E-state index contributed by atoms with van der Waals surface area (Å²) in [5, 5.41) is 11.4. The molecular weight excluding hydrogens is 585 g/mol. The van der Waals surface area contributed by atoms with Crippen LogP contribution in [-0.4, -0.2) is 31.6 Å². The first-order valence-electron chi connectivity index (χ1n) is 14.9. The molecule has 0 saturated carbocycles. The fraction of sp³-hybridized carbons (Fsp3) is 0.216. The second-order valence-electron chi connectivity index (χ2n) is 10.9. The van der Waals surface area contributed by atoms with Gasteiger partial charge in [-0.25, -0.2) is 4.79 Å². The third kappa shape index (κ3) is 6.44. The van der Waals surface area contributed by atoms with E-state index in [1.807, 2.05) is 25.2 Å². The lowest BCUT2D eigenvalue weighted by atomic mass is 9.89. The van der Waals surface area contributed by atoms with E-state index in [-0.39, 0.29) is 12.1 Å². The molecule has 0 radical (unpaired) electrons. The van der Waals surface area contributed by atoms with Gasteiger partial charge in [-0.15, -0.1) is 22.7 Å². The van der Waals surface area contributed by atoms with Gasteiger partial charge in [0.05, 0.1) is 0 Å². The summed E-state index contributed by atoms with van der Waals surface area (Å²) in [4.78, 5) is 16.6. The normalized spacial score (nSPS) is 13.3. The van der Waals surface area contributed by atoms with Gasteiger partial charge < -0.3 is 19.7 Å². The number of ether oxygens (including phenoxy) is 2. The van der Waals surface area contributed by atoms with E-state index >= 15 is 0 Å². The number of hydrogen-bond acceptors (Lipinski definition) is 5. The average molecular weight is 621 g/mol. The molecule has 6 aromatic rings. The number of nitrogens with one attached hydrogen (secondary N) is 1. The Hall–Kier alpha value is -4.33. The van der Waals surface area contributed by atoms with Gasteiger partial charge in [0.2, 0.25) is 0 Å². The molecule has 0 saturated heterocycles. The smallest absolute Gasteiger partial charge is 0.316 e. The van der Waals surface area contributed by atoms with Crippen LogP contribution in [0.4, 0.5) is 4.79 Å². The molecular formula is C37H36N2O3S2. The Morgan fingerprint density at radius 1 is 0.773 bits per heavy atom. The Morgan fingerprint density at radius 3 is 2.07 bits per heavy atom. The van der Waals surface area contributed by atoms with Crippen LogP contribution in [0.5, 0.6) is 11.5 Å². The van der Waals surface area contributed by atoms with Crippen molar-refractivity contribution in [2.24, 2.45) is 0 Å². The van der Waals surface area contributed by atoms with E-state index in [0.717, 1.165) is 44.3 Å².